The number of nitrogens with one attached hydrogen (secondary N) is 1. The number of carbonyl (C=O) groups excluding carboxylic acids is 1. The van der Waals surface area contributed by atoms with Crippen molar-refractivity contribution in [2.45, 2.75) is 28.6 Å². The lowest BCUT2D eigenvalue weighted by Gasteiger charge is -2.15. The van der Waals surface area contributed by atoms with Crippen molar-refractivity contribution in [1.82, 2.24) is 9.55 Å². The fraction of sp³-hybridized carbons (Fsp3) is 0.292. The van der Waals surface area contributed by atoms with E-state index in [0.717, 1.165) is 12.1 Å². The van der Waals surface area contributed by atoms with Crippen LogP contribution in [0.1, 0.15) is 12.6 Å². The maximum atomic E-state index is 13.4. The third-order valence-corrected chi connectivity index (χ3v) is 7.38. The van der Waals surface area contributed by atoms with E-state index in [-0.39, 0.29) is 22.5 Å². The quantitative estimate of drug-likeness (QED) is 0.367. The van der Waals surface area contributed by atoms with Gasteiger partial charge in [-0.15, -0.1) is 11.8 Å². The van der Waals surface area contributed by atoms with Crippen molar-refractivity contribution in [2.24, 2.45) is 0 Å². The molecule has 1 N–H and O–H groups in total. The lowest BCUT2D eigenvalue weighted by atomic mass is 10.2. The van der Waals surface area contributed by atoms with Crippen LogP contribution in [0.3, 0.4) is 0 Å². The molecule has 0 saturated carbocycles. The molecule has 1 aliphatic rings. The summed E-state index contributed by atoms with van der Waals surface area (Å²) in [6.45, 7) is 2.07. The zero-order chi connectivity index (χ0) is 24.2. The van der Waals surface area contributed by atoms with Crippen LogP contribution >= 0.6 is 23.5 Å². The summed E-state index contributed by atoms with van der Waals surface area (Å²) in [4.78, 5) is 31.6. The van der Waals surface area contributed by atoms with Gasteiger partial charge in [-0.3, -0.25) is 14.2 Å². The standard InChI is InChI=1S/C24H25N3O5S2/c1-14-11-19-22(34-14)23(29)27(15-5-7-16(30-2)8-6-15)24(26-19)33-13-21(28)25-18-12-17(31-3)9-10-20(18)32-4/h5-10,12,14H,11,13H2,1-4H3,(H,25,28). The molecule has 10 heteroatoms. The first kappa shape index (κ1) is 24.0. The lowest BCUT2D eigenvalue weighted by molar-refractivity contribution is -0.113. The minimum atomic E-state index is -0.254. The van der Waals surface area contributed by atoms with Crippen molar-refractivity contribution >= 4 is 35.1 Å². The van der Waals surface area contributed by atoms with Crippen LogP contribution < -0.4 is 25.1 Å². The van der Waals surface area contributed by atoms with Crippen molar-refractivity contribution in [2.75, 3.05) is 32.4 Å². The first-order valence-electron chi connectivity index (χ1n) is 10.5. The van der Waals surface area contributed by atoms with Crippen molar-refractivity contribution in [3.8, 4) is 22.9 Å². The normalized spacial score (nSPS) is 14.4. The Morgan fingerprint density at radius 1 is 1.12 bits per heavy atom. The van der Waals surface area contributed by atoms with Gasteiger partial charge in [0.05, 0.1) is 49.0 Å². The number of amides is 1. The second kappa shape index (κ2) is 10.4. The van der Waals surface area contributed by atoms with Gasteiger partial charge in [0.2, 0.25) is 5.91 Å². The average Bonchev–Trinajstić information content (AvgIpc) is 3.23. The molecule has 0 fully saturated rings. The molecule has 8 nitrogen and oxygen atoms in total. The van der Waals surface area contributed by atoms with Crippen molar-refractivity contribution < 1.29 is 19.0 Å². The highest BCUT2D eigenvalue weighted by Gasteiger charge is 2.27. The summed E-state index contributed by atoms with van der Waals surface area (Å²) in [5, 5.41) is 3.60. The van der Waals surface area contributed by atoms with Crippen LogP contribution in [-0.2, 0) is 11.2 Å². The van der Waals surface area contributed by atoms with Crippen molar-refractivity contribution in [1.29, 1.82) is 0 Å². The number of thioether (sulfide) groups is 2. The predicted molar refractivity (Wildman–Crippen MR) is 134 cm³/mol. The number of benzene rings is 2. The number of hydrogen-bond acceptors (Lipinski definition) is 8. The molecule has 178 valence electrons. The van der Waals surface area contributed by atoms with Gasteiger partial charge in [0, 0.05) is 17.7 Å². The molecule has 1 aromatic heterocycles. The fourth-order valence-corrected chi connectivity index (χ4v) is 5.51. The van der Waals surface area contributed by atoms with E-state index in [9.17, 15) is 9.59 Å². The van der Waals surface area contributed by atoms with Gasteiger partial charge in [-0.05, 0) is 36.4 Å². The van der Waals surface area contributed by atoms with E-state index in [2.05, 4.69) is 12.2 Å². The number of hydrogen-bond donors (Lipinski definition) is 1. The van der Waals surface area contributed by atoms with Crippen LogP contribution in [0, 0.1) is 0 Å². The minimum absolute atomic E-state index is 0.0600. The van der Waals surface area contributed by atoms with Gasteiger partial charge in [-0.2, -0.15) is 0 Å². The number of aromatic nitrogens is 2. The third kappa shape index (κ3) is 5.02. The summed E-state index contributed by atoms with van der Waals surface area (Å²) in [5.74, 6) is 1.62. The van der Waals surface area contributed by atoms with Gasteiger partial charge in [-0.1, -0.05) is 18.7 Å². The minimum Gasteiger partial charge on any atom is -0.497 e. The molecule has 34 heavy (non-hydrogen) atoms. The van der Waals surface area contributed by atoms with Gasteiger partial charge >= 0.3 is 0 Å². The SMILES string of the molecule is COc1ccc(-n2c(SCC(=O)Nc3cc(OC)ccc3OC)nc3c(c2=O)SC(C)C3)cc1. The largest absolute Gasteiger partial charge is 0.497 e. The molecule has 1 aliphatic heterocycles. The van der Waals surface area contributed by atoms with Crippen LogP contribution in [0.5, 0.6) is 17.2 Å². The Kier molecular flexibility index (Phi) is 7.38. The molecule has 0 aliphatic carbocycles. The number of ether oxygens (including phenoxy) is 3. The molecule has 0 radical (unpaired) electrons. The van der Waals surface area contributed by atoms with Gasteiger partial charge < -0.3 is 19.5 Å². The van der Waals surface area contributed by atoms with E-state index in [4.69, 9.17) is 19.2 Å². The molecule has 1 atom stereocenters. The van der Waals surface area contributed by atoms with Crippen LogP contribution in [0.25, 0.3) is 5.69 Å². The Hall–Kier alpha value is -3.11. The van der Waals surface area contributed by atoms with Gasteiger partial charge in [-0.25, -0.2) is 4.98 Å². The third-order valence-electron chi connectivity index (χ3n) is 5.22. The lowest BCUT2D eigenvalue weighted by Crippen LogP contribution is -2.24. The molecule has 2 heterocycles. The zero-order valence-corrected chi connectivity index (χ0v) is 20.9. The molecule has 0 saturated heterocycles. The van der Waals surface area contributed by atoms with Crippen molar-refractivity contribution in [3.63, 3.8) is 0 Å². The monoisotopic (exact) mass is 499 g/mol. The zero-order valence-electron chi connectivity index (χ0n) is 19.3. The molecular weight excluding hydrogens is 474 g/mol. The number of fused-ring (bicyclic) bond motifs is 1. The van der Waals surface area contributed by atoms with Crippen LogP contribution in [0.15, 0.2) is 57.3 Å². The van der Waals surface area contributed by atoms with E-state index in [0.29, 0.717) is 38.7 Å². The predicted octanol–water partition coefficient (Wildman–Crippen LogP) is 4.03. The number of anilines is 1. The average molecular weight is 500 g/mol. The van der Waals surface area contributed by atoms with Gasteiger partial charge in [0.25, 0.3) is 5.56 Å². The molecule has 0 spiro atoms. The highest BCUT2D eigenvalue weighted by atomic mass is 32.2. The van der Waals surface area contributed by atoms with E-state index in [1.807, 2.05) is 12.1 Å². The smallest absolute Gasteiger partial charge is 0.272 e. The van der Waals surface area contributed by atoms with Crippen LogP contribution in [-0.4, -0.2) is 47.8 Å². The summed E-state index contributed by atoms with van der Waals surface area (Å²) in [7, 11) is 4.68. The molecule has 3 aromatic rings. The molecule has 1 unspecified atom stereocenters. The van der Waals surface area contributed by atoms with E-state index in [1.165, 1.54) is 18.9 Å². The molecule has 4 rings (SSSR count). The number of rotatable bonds is 8. The summed E-state index contributed by atoms with van der Waals surface area (Å²) < 4.78 is 17.4. The fourth-order valence-electron chi connectivity index (χ4n) is 3.58. The highest BCUT2D eigenvalue weighted by molar-refractivity contribution is 8.00. The Morgan fingerprint density at radius 3 is 2.50 bits per heavy atom. The number of methoxy groups -OCH3 is 3. The van der Waals surface area contributed by atoms with Crippen molar-refractivity contribution in [3.05, 3.63) is 58.5 Å². The Labute approximate surface area is 206 Å². The van der Waals surface area contributed by atoms with Crippen LogP contribution in [0.2, 0.25) is 0 Å². The van der Waals surface area contributed by atoms with Crippen LogP contribution in [0.4, 0.5) is 5.69 Å². The second-order valence-electron chi connectivity index (χ2n) is 7.54. The molecule has 2 aromatic carbocycles. The maximum Gasteiger partial charge on any atom is 0.272 e. The number of nitrogens with zero attached hydrogens (tertiary/aromatic N) is 2. The molecule has 0 bridgehead atoms. The first-order valence-corrected chi connectivity index (χ1v) is 12.4. The van der Waals surface area contributed by atoms with Gasteiger partial charge in [0.1, 0.15) is 17.2 Å². The molecule has 1 amide bonds. The topological polar surface area (TPSA) is 91.7 Å². The van der Waals surface area contributed by atoms with E-state index in [1.54, 1.807) is 60.9 Å². The summed E-state index contributed by atoms with van der Waals surface area (Å²) in [6.07, 6.45) is 0.722. The van der Waals surface area contributed by atoms with Gasteiger partial charge in [0.15, 0.2) is 5.16 Å². The number of carbonyl (C=O) groups is 1. The second-order valence-corrected chi connectivity index (χ2v) is 9.94. The maximum absolute atomic E-state index is 13.4. The Bertz CT molecular complexity index is 1260. The van der Waals surface area contributed by atoms with E-state index >= 15 is 0 Å². The highest BCUT2D eigenvalue weighted by Crippen LogP contribution is 2.35. The first-order chi connectivity index (χ1) is 16.4. The molecular formula is C24H25N3O5S2. The summed E-state index contributed by atoms with van der Waals surface area (Å²) >= 11 is 2.75. The summed E-state index contributed by atoms with van der Waals surface area (Å²) in [6, 6.07) is 12.4. The Balaban J connectivity index is 1.61. The van der Waals surface area contributed by atoms with E-state index < -0.39 is 0 Å². The summed E-state index contributed by atoms with van der Waals surface area (Å²) in [5.41, 5.74) is 1.83. The Morgan fingerprint density at radius 2 is 1.82 bits per heavy atom.